The van der Waals surface area contributed by atoms with Gasteiger partial charge in [-0.3, -0.25) is 4.79 Å². The summed E-state index contributed by atoms with van der Waals surface area (Å²) in [7, 11) is 0. The van der Waals surface area contributed by atoms with E-state index in [4.69, 9.17) is 9.47 Å². The van der Waals surface area contributed by atoms with Crippen LogP contribution < -0.4 is 14.8 Å². The molecule has 1 atom stereocenters. The Morgan fingerprint density at radius 3 is 2.65 bits per heavy atom. The highest BCUT2D eigenvalue weighted by molar-refractivity contribution is 5.77. The molecule has 0 spiro atoms. The highest BCUT2D eigenvalue weighted by Gasteiger charge is 2.15. The molecule has 1 aliphatic rings. The molecule has 4 nitrogen and oxygen atoms in total. The van der Waals surface area contributed by atoms with E-state index in [1.165, 1.54) is 24.0 Å². The number of ether oxygens (including phenoxy) is 2. The lowest BCUT2D eigenvalue weighted by Gasteiger charge is -2.20. The van der Waals surface area contributed by atoms with Crippen LogP contribution in [0.15, 0.2) is 42.5 Å². The van der Waals surface area contributed by atoms with Crippen molar-refractivity contribution in [2.45, 2.75) is 45.6 Å². The van der Waals surface area contributed by atoms with Gasteiger partial charge in [0.05, 0.1) is 6.04 Å². The molecule has 1 unspecified atom stereocenters. The summed E-state index contributed by atoms with van der Waals surface area (Å²) >= 11 is 0. The van der Waals surface area contributed by atoms with Gasteiger partial charge in [-0.1, -0.05) is 30.3 Å². The normalized spacial score (nSPS) is 14.2. The van der Waals surface area contributed by atoms with Crippen LogP contribution in [0.1, 0.15) is 36.5 Å². The number of hydrogen-bond donors (Lipinski definition) is 1. The molecule has 0 saturated heterocycles. The van der Waals surface area contributed by atoms with Crippen LogP contribution in [-0.4, -0.2) is 25.2 Å². The summed E-state index contributed by atoms with van der Waals surface area (Å²) in [5, 5.41) is 2.93. The van der Waals surface area contributed by atoms with Gasteiger partial charge in [-0.05, 0) is 68.4 Å². The summed E-state index contributed by atoms with van der Waals surface area (Å²) in [6.45, 7) is 4.40. The summed E-state index contributed by atoms with van der Waals surface area (Å²) in [6, 6.07) is 13.9. The molecule has 1 aliphatic carbocycles. The van der Waals surface area contributed by atoms with Gasteiger partial charge in [-0.2, -0.15) is 0 Å². The summed E-state index contributed by atoms with van der Waals surface area (Å²) in [5.74, 6) is 1.57. The first-order valence-corrected chi connectivity index (χ1v) is 9.35. The van der Waals surface area contributed by atoms with Crippen LogP contribution in [0.2, 0.25) is 0 Å². The second-order valence-electron chi connectivity index (χ2n) is 6.93. The fraction of sp³-hybridized carbons (Fsp3) is 0.409. The Hall–Kier alpha value is -2.49. The van der Waals surface area contributed by atoms with Crippen molar-refractivity contribution < 1.29 is 14.3 Å². The maximum absolute atomic E-state index is 12.2. The van der Waals surface area contributed by atoms with E-state index in [1.807, 2.05) is 50.2 Å². The zero-order valence-corrected chi connectivity index (χ0v) is 15.6. The van der Waals surface area contributed by atoms with E-state index in [0.29, 0.717) is 6.61 Å². The predicted molar refractivity (Wildman–Crippen MR) is 103 cm³/mol. The van der Waals surface area contributed by atoms with Gasteiger partial charge in [0.1, 0.15) is 18.1 Å². The van der Waals surface area contributed by atoms with Gasteiger partial charge in [0.15, 0.2) is 6.61 Å². The van der Waals surface area contributed by atoms with Crippen LogP contribution in [0.5, 0.6) is 11.5 Å². The molecule has 0 bridgehead atoms. The average Bonchev–Trinajstić information content (AvgIpc) is 2.65. The Balaban J connectivity index is 1.46. The SMILES string of the molecule is Cc1ccccc1OCC(C)NC(=O)COc1cccc2c1CCCC2. The van der Waals surface area contributed by atoms with E-state index in [-0.39, 0.29) is 18.6 Å². The smallest absolute Gasteiger partial charge is 0.258 e. The maximum Gasteiger partial charge on any atom is 0.258 e. The standard InChI is InChI=1S/C22H27NO3/c1-16-8-3-6-12-20(16)25-14-17(2)23-22(24)15-26-21-13-7-10-18-9-4-5-11-19(18)21/h3,6-8,10,12-13,17H,4-5,9,11,14-15H2,1-2H3,(H,23,24). The Labute approximate surface area is 155 Å². The lowest BCUT2D eigenvalue weighted by Crippen LogP contribution is -2.39. The van der Waals surface area contributed by atoms with Crippen LogP contribution in [0.3, 0.4) is 0 Å². The van der Waals surface area contributed by atoms with E-state index in [2.05, 4.69) is 11.4 Å². The van der Waals surface area contributed by atoms with E-state index < -0.39 is 0 Å². The largest absolute Gasteiger partial charge is 0.491 e. The monoisotopic (exact) mass is 353 g/mol. The molecule has 0 aliphatic heterocycles. The number of hydrogen-bond acceptors (Lipinski definition) is 3. The number of carbonyl (C=O) groups is 1. The maximum atomic E-state index is 12.2. The van der Waals surface area contributed by atoms with Crippen molar-refractivity contribution in [3.05, 3.63) is 59.2 Å². The highest BCUT2D eigenvalue weighted by Crippen LogP contribution is 2.29. The number of rotatable bonds is 7. The van der Waals surface area contributed by atoms with Gasteiger partial charge in [0, 0.05) is 0 Å². The molecule has 1 N–H and O–H groups in total. The van der Waals surface area contributed by atoms with Crippen LogP contribution in [-0.2, 0) is 17.6 Å². The molecule has 0 saturated carbocycles. The summed E-state index contributed by atoms with van der Waals surface area (Å²) in [5.41, 5.74) is 3.71. The molecular formula is C22H27NO3. The number of aryl methyl sites for hydroxylation is 2. The minimum Gasteiger partial charge on any atom is -0.491 e. The third-order valence-corrected chi connectivity index (χ3v) is 4.70. The molecule has 1 amide bonds. The molecule has 0 fully saturated rings. The quantitative estimate of drug-likeness (QED) is 0.823. The fourth-order valence-corrected chi connectivity index (χ4v) is 3.32. The second-order valence-corrected chi connectivity index (χ2v) is 6.93. The van der Waals surface area contributed by atoms with Crippen molar-refractivity contribution >= 4 is 5.91 Å². The number of para-hydroxylation sites is 1. The number of fused-ring (bicyclic) bond motifs is 1. The molecule has 4 heteroatoms. The lowest BCUT2D eigenvalue weighted by molar-refractivity contribution is -0.123. The Morgan fingerprint density at radius 1 is 1.04 bits per heavy atom. The van der Waals surface area contributed by atoms with Crippen LogP contribution in [0, 0.1) is 6.92 Å². The van der Waals surface area contributed by atoms with Crippen LogP contribution >= 0.6 is 0 Å². The van der Waals surface area contributed by atoms with Crippen molar-refractivity contribution in [2.75, 3.05) is 13.2 Å². The molecule has 2 aromatic carbocycles. The molecule has 0 heterocycles. The molecule has 0 radical (unpaired) electrons. The molecular weight excluding hydrogens is 326 g/mol. The summed E-state index contributed by atoms with van der Waals surface area (Å²) in [4.78, 5) is 12.2. The van der Waals surface area contributed by atoms with Crippen molar-refractivity contribution in [3.8, 4) is 11.5 Å². The summed E-state index contributed by atoms with van der Waals surface area (Å²) in [6.07, 6.45) is 4.56. The van der Waals surface area contributed by atoms with Crippen molar-refractivity contribution in [2.24, 2.45) is 0 Å². The van der Waals surface area contributed by atoms with Gasteiger partial charge in [0.2, 0.25) is 0 Å². The molecule has 3 rings (SSSR count). The van der Waals surface area contributed by atoms with E-state index >= 15 is 0 Å². The predicted octanol–water partition coefficient (Wildman–Crippen LogP) is 3.84. The van der Waals surface area contributed by atoms with Gasteiger partial charge in [0.25, 0.3) is 5.91 Å². The number of amides is 1. The highest BCUT2D eigenvalue weighted by atomic mass is 16.5. The number of nitrogens with one attached hydrogen (secondary N) is 1. The number of benzene rings is 2. The van der Waals surface area contributed by atoms with Crippen molar-refractivity contribution in [3.63, 3.8) is 0 Å². The van der Waals surface area contributed by atoms with E-state index in [1.54, 1.807) is 0 Å². The molecule has 0 aromatic heterocycles. The zero-order valence-electron chi connectivity index (χ0n) is 15.6. The Kier molecular flexibility index (Phi) is 6.16. The first-order valence-electron chi connectivity index (χ1n) is 9.35. The van der Waals surface area contributed by atoms with E-state index in [9.17, 15) is 4.79 Å². The van der Waals surface area contributed by atoms with Gasteiger partial charge >= 0.3 is 0 Å². The van der Waals surface area contributed by atoms with Crippen LogP contribution in [0.25, 0.3) is 0 Å². The first kappa shape index (κ1) is 18.3. The van der Waals surface area contributed by atoms with Gasteiger partial charge in [-0.15, -0.1) is 0 Å². The average molecular weight is 353 g/mol. The van der Waals surface area contributed by atoms with Crippen LogP contribution in [0.4, 0.5) is 0 Å². The third-order valence-electron chi connectivity index (χ3n) is 4.70. The topological polar surface area (TPSA) is 47.6 Å². The Bertz CT molecular complexity index is 757. The fourth-order valence-electron chi connectivity index (χ4n) is 3.32. The third kappa shape index (κ3) is 4.78. The minimum atomic E-state index is -0.126. The molecule has 2 aromatic rings. The van der Waals surface area contributed by atoms with Gasteiger partial charge in [-0.25, -0.2) is 0 Å². The second kappa shape index (κ2) is 8.75. The number of carbonyl (C=O) groups excluding carboxylic acids is 1. The van der Waals surface area contributed by atoms with Crippen molar-refractivity contribution in [1.82, 2.24) is 5.32 Å². The lowest BCUT2D eigenvalue weighted by atomic mass is 9.91. The molecule has 138 valence electrons. The molecule has 26 heavy (non-hydrogen) atoms. The van der Waals surface area contributed by atoms with Crippen molar-refractivity contribution in [1.29, 1.82) is 0 Å². The zero-order chi connectivity index (χ0) is 18.4. The minimum absolute atomic E-state index is 0.0329. The first-order chi connectivity index (χ1) is 12.6. The van der Waals surface area contributed by atoms with Gasteiger partial charge < -0.3 is 14.8 Å². The van der Waals surface area contributed by atoms with E-state index in [0.717, 1.165) is 29.9 Å². The Morgan fingerprint density at radius 2 is 1.81 bits per heavy atom. The summed E-state index contributed by atoms with van der Waals surface area (Å²) < 4.78 is 11.6.